The average Bonchev–Trinajstić information content (AvgIpc) is 3.34. The fourth-order valence-corrected chi connectivity index (χ4v) is 6.25. The molecule has 44 heavy (non-hydrogen) atoms. The molecule has 2 aromatic heterocycles. The second-order valence-electron chi connectivity index (χ2n) is 11.0. The maximum Gasteiger partial charge on any atom is 0.407 e. The summed E-state index contributed by atoms with van der Waals surface area (Å²) in [6.45, 7) is 1.07. The minimum absolute atomic E-state index is 0.0436. The topological polar surface area (TPSA) is 119 Å². The van der Waals surface area contributed by atoms with Crippen molar-refractivity contribution in [2.24, 2.45) is 5.92 Å². The van der Waals surface area contributed by atoms with E-state index in [4.69, 9.17) is 16.3 Å². The quantitative estimate of drug-likeness (QED) is 0.311. The van der Waals surface area contributed by atoms with Crippen LogP contribution in [-0.2, 0) is 0 Å². The summed E-state index contributed by atoms with van der Waals surface area (Å²) in [6, 6.07) is 8.93. The largest absolute Gasteiger partial charge is 0.465 e. The standard InChI is InChI=1S/C30H27ClF3N7O3/c1-39-12-17(22(33)14-39)15-44-29-37-27-20(28(38-29)40-9-10-41(30(42)43)18(13-40)7-8-35)11-36-26(25(27)34)19-4-2-3-16-5-6-21(32)24(31)23(16)19/h2-6,11,17-18,22H,7,9-10,12-15H2,1H3,(H,42,43)/t17-,18?,22-/m1/s1. The highest BCUT2D eigenvalue weighted by atomic mass is 35.5. The third-order valence-corrected chi connectivity index (χ3v) is 8.53. The van der Waals surface area contributed by atoms with Crippen LogP contribution in [0.2, 0.25) is 5.02 Å². The van der Waals surface area contributed by atoms with Gasteiger partial charge in [-0.25, -0.2) is 18.0 Å². The van der Waals surface area contributed by atoms with Gasteiger partial charge >= 0.3 is 12.1 Å². The molecular weight excluding hydrogens is 599 g/mol. The van der Waals surface area contributed by atoms with Gasteiger partial charge in [-0.05, 0) is 18.5 Å². The number of fused-ring (bicyclic) bond motifs is 2. The molecule has 1 unspecified atom stereocenters. The van der Waals surface area contributed by atoms with E-state index < -0.39 is 35.9 Å². The minimum Gasteiger partial charge on any atom is -0.465 e. The van der Waals surface area contributed by atoms with E-state index in [-0.39, 0.29) is 83.6 Å². The maximum atomic E-state index is 16.5. The number of aromatic nitrogens is 3. The van der Waals surface area contributed by atoms with Gasteiger partial charge in [-0.15, -0.1) is 0 Å². The van der Waals surface area contributed by atoms with Crippen LogP contribution in [0.1, 0.15) is 6.42 Å². The van der Waals surface area contributed by atoms with E-state index in [0.717, 1.165) is 0 Å². The smallest absolute Gasteiger partial charge is 0.407 e. The van der Waals surface area contributed by atoms with Crippen LogP contribution in [0.3, 0.4) is 0 Å². The Hall–Kier alpha value is -4.41. The second-order valence-corrected chi connectivity index (χ2v) is 11.4. The highest BCUT2D eigenvalue weighted by molar-refractivity contribution is 6.36. The van der Waals surface area contributed by atoms with Crippen LogP contribution in [0, 0.1) is 28.9 Å². The fraction of sp³-hybridized carbons (Fsp3) is 0.367. The van der Waals surface area contributed by atoms with Gasteiger partial charge in [-0.3, -0.25) is 4.98 Å². The summed E-state index contributed by atoms with van der Waals surface area (Å²) in [5.74, 6) is -1.69. The molecule has 0 bridgehead atoms. The van der Waals surface area contributed by atoms with Crippen molar-refractivity contribution in [3.05, 3.63) is 53.2 Å². The SMILES string of the molecule is CN1C[C@H](COc2nc(N3CCN(C(=O)O)C(CC#N)C3)c3cnc(-c4cccc5ccc(F)c(Cl)c45)c(F)c3n2)[C@H](F)C1. The predicted molar refractivity (Wildman–Crippen MR) is 158 cm³/mol. The summed E-state index contributed by atoms with van der Waals surface area (Å²) < 4.78 is 51.3. The molecule has 2 saturated heterocycles. The number of halogens is 4. The monoisotopic (exact) mass is 625 g/mol. The Morgan fingerprint density at radius 1 is 1.18 bits per heavy atom. The van der Waals surface area contributed by atoms with Gasteiger partial charge in [0.1, 0.15) is 29.0 Å². The molecule has 4 heterocycles. The van der Waals surface area contributed by atoms with Gasteiger partial charge in [-0.1, -0.05) is 35.9 Å². The fourth-order valence-electron chi connectivity index (χ4n) is 5.98. The third kappa shape index (κ3) is 5.39. The zero-order valence-corrected chi connectivity index (χ0v) is 24.3. The molecule has 228 valence electrons. The first-order valence-electron chi connectivity index (χ1n) is 14.0. The summed E-state index contributed by atoms with van der Waals surface area (Å²) in [5.41, 5.74) is -0.00434. The van der Waals surface area contributed by atoms with E-state index in [1.165, 1.54) is 23.2 Å². The van der Waals surface area contributed by atoms with E-state index in [9.17, 15) is 23.9 Å². The van der Waals surface area contributed by atoms with Crippen molar-refractivity contribution < 1.29 is 27.8 Å². The number of hydrogen-bond acceptors (Lipinski definition) is 8. The van der Waals surface area contributed by atoms with Gasteiger partial charge in [0.15, 0.2) is 5.82 Å². The number of carboxylic acid groups (broad SMARTS) is 1. The molecule has 2 aliphatic rings. The number of amides is 1. The molecule has 3 atom stereocenters. The molecule has 2 aromatic carbocycles. The number of nitrogens with zero attached hydrogens (tertiary/aromatic N) is 7. The van der Waals surface area contributed by atoms with Crippen molar-refractivity contribution in [2.45, 2.75) is 18.6 Å². The lowest BCUT2D eigenvalue weighted by atomic mass is 10.0. The molecular formula is C30H27ClF3N7O3. The molecule has 0 spiro atoms. The number of anilines is 1. The van der Waals surface area contributed by atoms with Crippen LogP contribution in [0.4, 0.5) is 23.8 Å². The summed E-state index contributed by atoms with van der Waals surface area (Å²) >= 11 is 6.32. The van der Waals surface area contributed by atoms with Crippen molar-refractivity contribution in [1.29, 1.82) is 5.26 Å². The lowest BCUT2D eigenvalue weighted by molar-refractivity contribution is 0.119. The van der Waals surface area contributed by atoms with Crippen LogP contribution < -0.4 is 9.64 Å². The predicted octanol–water partition coefficient (Wildman–Crippen LogP) is 5.14. The Balaban J connectivity index is 1.47. The average molecular weight is 626 g/mol. The van der Waals surface area contributed by atoms with Gasteiger partial charge in [0, 0.05) is 55.8 Å². The molecule has 1 N–H and O–H groups in total. The molecule has 0 saturated carbocycles. The molecule has 14 heteroatoms. The van der Waals surface area contributed by atoms with Crippen molar-refractivity contribution in [3.8, 4) is 23.3 Å². The van der Waals surface area contributed by atoms with Crippen LogP contribution >= 0.6 is 11.6 Å². The molecule has 2 aliphatic heterocycles. The number of alkyl halides is 1. The van der Waals surface area contributed by atoms with E-state index in [1.807, 2.05) is 11.0 Å². The van der Waals surface area contributed by atoms with Crippen molar-refractivity contribution in [2.75, 3.05) is 51.3 Å². The third-order valence-electron chi connectivity index (χ3n) is 8.16. The van der Waals surface area contributed by atoms with E-state index in [0.29, 0.717) is 11.9 Å². The number of pyridine rings is 1. The summed E-state index contributed by atoms with van der Waals surface area (Å²) in [7, 11) is 1.81. The van der Waals surface area contributed by atoms with Crippen molar-refractivity contribution in [3.63, 3.8) is 0 Å². The number of benzene rings is 2. The number of carbonyl (C=O) groups is 1. The normalized spacial score (nSPS) is 20.8. The first kappa shape index (κ1) is 29.7. The molecule has 2 fully saturated rings. The Morgan fingerprint density at radius 2 is 2.00 bits per heavy atom. The zero-order chi connectivity index (χ0) is 31.1. The number of hydrogen-bond donors (Lipinski definition) is 1. The molecule has 4 aromatic rings. The molecule has 10 nitrogen and oxygen atoms in total. The van der Waals surface area contributed by atoms with E-state index in [1.54, 1.807) is 30.1 Å². The molecule has 6 rings (SSSR count). The molecule has 1 amide bonds. The van der Waals surface area contributed by atoms with Crippen LogP contribution in [0.5, 0.6) is 6.01 Å². The van der Waals surface area contributed by atoms with Crippen LogP contribution in [-0.4, -0.2) is 94.5 Å². The lowest BCUT2D eigenvalue weighted by Crippen LogP contribution is -2.55. The van der Waals surface area contributed by atoms with Crippen LogP contribution in [0.15, 0.2) is 36.5 Å². The van der Waals surface area contributed by atoms with Gasteiger partial charge < -0.3 is 24.5 Å². The highest BCUT2D eigenvalue weighted by Gasteiger charge is 2.34. The summed E-state index contributed by atoms with van der Waals surface area (Å²) in [5, 5.41) is 19.9. The van der Waals surface area contributed by atoms with Crippen molar-refractivity contribution >= 4 is 45.2 Å². The maximum absolute atomic E-state index is 16.5. The Bertz CT molecular complexity index is 1810. The number of nitriles is 1. The number of rotatable bonds is 6. The lowest BCUT2D eigenvalue weighted by Gasteiger charge is -2.39. The van der Waals surface area contributed by atoms with Crippen molar-refractivity contribution in [1.82, 2.24) is 24.8 Å². The first-order chi connectivity index (χ1) is 21.2. The van der Waals surface area contributed by atoms with E-state index in [2.05, 4.69) is 15.0 Å². The zero-order valence-electron chi connectivity index (χ0n) is 23.6. The first-order valence-corrected chi connectivity index (χ1v) is 14.3. The molecule has 0 aliphatic carbocycles. The van der Waals surface area contributed by atoms with Crippen LogP contribution in [0.25, 0.3) is 32.9 Å². The second kappa shape index (κ2) is 11.9. The Kier molecular flexibility index (Phi) is 8.04. The highest BCUT2D eigenvalue weighted by Crippen LogP contribution is 2.38. The van der Waals surface area contributed by atoms with Gasteiger partial charge in [0.2, 0.25) is 0 Å². The number of piperazine rings is 1. The number of ether oxygens (including phenoxy) is 1. The Labute approximate surface area is 255 Å². The van der Waals surface area contributed by atoms with Gasteiger partial charge in [0.25, 0.3) is 0 Å². The van der Waals surface area contributed by atoms with Gasteiger partial charge in [-0.2, -0.15) is 15.2 Å². The van der Waals surface area contributed by atoms with Gasteiger partial charge in [0.05, 0.1) is 35.5 Å². The minimum atomic E-state index is -1.15. The molecule has 0 radical (unpaired) electrons. The number of likely N-dealkylation sites (tertiary alicyclic amines) is 1. The summed E-state index contributed by atoms with van der Waals surface area (Å²) in [6.07, 6.45) is -0.922. The summed E-state index contributed by atoms with van der Waals surface area (Å²) in [4.78, 5) is 29.9. The Morgan fingerprint density at radius 3 is 2.73 bits per heavy atom. The van der Waals surface area contributed by atoms with E-state index >= 15 is 4.39 Å².